The molecule has 0 aliphatic heterocycles. The summed E-state index contributed by atoms with van der Waals surface area (Å²) in [5.41, 5.74) is 9.52. The first-order valence-electron chi connectivity index (χ1n) is 6.03. The van der Waals surface area contributed by atoms with E-state index in [1.54, 1.807) is 0 Å². The summed E-state index contributed by atoms with van der Waals surface area (Å²) in [6, 6.07) is 6.40. The third kappa shape index (κ3) is 2.65. The van der Waals surface area contributed by atoms with Crippen LogP contribution in [0.25, 0.3) is 11.0 Å². The van der Waals surface area contributed by atoms with E-state index in [9.17, 15) is 0 Å². The molecule has 4 nitrogen and oxygen atoms in total. The van der Waals surface area contributed by atoms with Crippen molar-refractivity contribution in [2.75, 3.05) is 13.6 Å². The van der Waals surface area contributed by atoms with Gasteiger partial charge in [-0.05, 0) is 44.1 Å². The number of hydrogen-bond donors (Lipinski definition) is 2. The van der Waals surface area contributed by atoms with Crippen LogP contribution in [-0.4, -0.2) is 23.1 Å². The van der Waals surface area contributed by atoms with Crippen molar-refractivity contribution in [2.24, 2.45) is 12.8 Å². The summed E-state index contributed by atoms with van der Waals surface area (Å²) in [6.07, 6.45) is 3.93. The molecule has 2 aromatic rings. The third-order valence-electron chi connectivity index (χ3n) is 3.12. The summed E-state index contributed by atoms with van der Waals surface area (Å²) in [6.45, 7) is 1.01. The predicted octanol–water partition coefficient (Wildman–Crippen LogP) is 1.57. The van der Waals surface area contributed by atoms with Crippen LogP contribution in [0.4, 0.5) is 0 Å². The molecule has 0 aliphatic carbocycles. The Kier molecular flexibility index (Phi) is 3.76. The van der Waals surface area contributed by atoms with Crippen LogP contribution in [0, 0.1) is 0 Å². The van der Waals surface area contributed by atoms with Crippen molar-refractivity contribution < 1.29 is 0 Å². The van der Waals surface area contributed by atoms with Gasteiger partial charge >= 0.3 is 0 Å². The van der Waals surface area contributed by atoms with Crippen molar-refractivity contribution in [3.63, 3.8) is 0 Å². The van der Waals surface area contributed by atoms with Gasteiger partial charge in [0, 0.05) is 13.1 Å². The molecule has 1 aromatic heterocycles. The fraction of sp³-hybridized carbons (Fsp3) is 0.462. The van der Waals surface area contributed by atoms with E-state index in [0.717, 1.165) is 30.4 Å². The summed E-state index contributed by atoms with van der Waals surface area (Å²) in [4.78, 5) is 4.35. The van der Waals surface area contributed by atoms with Crippen LogP contribution >= 0.6 is 0 Å². The lowest BCUT2D eigenvalue weighted by Gasteiger charge is -2.11. The molecule has 1 unspecified atom stereocenters. The minimum Gasteiger partial charge on any atom is -0.334 e. The molecule has 0 fully saturated rings. The van der Waals surface area contributed by atoms with Crippen LogP contribution in [0.3, 0.4) is 0 Å². The average Bonchev–Trinajstić information content (AvgIpc) is 2.71. The number of benzene rings is 1. The van der Waals surface area contributed by atoms with Gasteiger partial charge in [0.05, 0.1) is 17.4 Å². The van der Waals surface area contributed by atoms with Crippen LogP contribution in [0.15, 0.2) is 24.5 Å². The van der Waals surface area contributed by atoms with Crippen molar-refractivity contribution in [3.05, 3.63) is 30.1 Å². The maximum Gasteiger partial charge on any atom is 0.0955 e. The molecule has 0 saturated carbocycles. The molecule has 17 heavy (non-hydrogen) atoms. The summed E-state index contributed by atoms with van der Waals surface area (Å²) < 4.78 is 2.02. The first-order chi connectivity index (χ1) is 8.22. The van der Waals surface area contributed by atoms with Gasteiger partial charge in [-0.1, -0.05) is 6.07 Å². The minimum absolute atomic E-state index is 0.106. The van der Waals surface area contributed by atoms with Gasteiger partial charge in [-0.25, -0.2) is 4.98 Å². The normalized spacial score (nSPS) is 13.1. The predicted molar refractivity (Wildman–Crippen MR) is 70.8 cm³/mol. The molecule has 1 heterocycles. The molecule has 92 valence electrons. The average molecular weight is 232 g/mol. The van der Waals surface area contributed by atoms with Crippen molar-refractivity contribution in [2.45, 2.75) is 18.9 Å². The quantitative estimate of drug-likeness (QED) is 0.769. The van der Waals surface area contributed by atoms with Gasteiger partial charge in [-0.15, -0.1) is 0 Å². The number of nitrogens with one attached hydrogen (secondary N) is 1. The SMILES string of the molecule is CNCCCC(N)c1ccc2c(c1)ncn2C. The Hall–Kier alpha value is -1.39. The molecular formula is C13H20N4. The highest BCUT2D eigenvalue weighted by molar-refractivity contribution is 5.76. The number of imidazole rings is 1. The standard InChI is InChI=1S/C13H20N4/c1-15-7-3-4-11(14)10-5-6-13-12(8-10)16-9-17(13)2/h5-6,8-9,11,15H,3-4,7,14H2,1-2H3. The fourth-order valence-corrected chi connectivity index (χ4v) is 2.05. The van der Waals surface area contributed by atoms with E-state index >= 15 is 0 Å². The number of rotatable bonds is 5. The van der Waals surface area contributed by atoms with Gasteiger partial charge in [0.15, 0.2) is 0 Å². The molecule has 1 atom stereocenters. The van der Waals surface area contributed by atoms with E-state index in [1.165, 1.54) is 5.56 Å². The van der Waals surface area contributed by atoms with Gasteiger partial charge in [-0.3, -0.25) is 0 Å². The number of hydrogen-bond acceptors (Lipinski definition) is 3. The van der Waals surface area contributed by atoms with Crippen molar-refractivity contribution in [1.29, 1.82) is 0 Å². The number of fused-ring (bicyclic) bond motifs is 1. The smallest absolute Gasteiger partial charge is 0.0955 e. The van der Waals surface area contributed by atoms with Crippen LogP contribution in [0.2, 0.25) is 0 Å². The van der Waals surface area contributed by atoms with Crippen LogP contribution in [0.1, 0.15) is 24.4 Å². The largest absolute Gasteiger partial charge is 0.334 e. The van der Waals surface area contributed by atoms with Crippen molar-refractivity contribution >= 4 is 11.0 Å². The number of nitrogens with two attached hydrogens (primary N) is 1. The first-order valence-corrected chi connectivity index (χ1v) is 6.03. The molecule has 0 radical (unpaired) electrons. The van der Waals surface area contributed by atoms with Gasteiger partial charge in [0.1, 0.15) is 0 Å². The van der Waals surface area contributed by atoms with E-state index < -0.39 is 0 Å². The second-order valence-corrected chi connectivity index (χ2v) is 4.46. The molecule has 0 saturated heterocycles. The number of aromatic nitrogens is 2. The Bertz CT molecular complexity index is 489. The molecule has 2 rings (SSSR count). The van der Waals surface area contributed by atoms with E-state index in [0.29, 0.717) is 0 Å². The maximum atomic E-state index is 6.17. The lowest BCUT2D eigenvalue weighted by Crippen LogP contribution is -2.14. The zero-order chi connectivity index (χ0) is 12.3. The fourth-order valence-electron chi connectivity index (χ4n) is 2.05. The lowest BCUT2D eigenvalue weighted by atomic mass is 10.0. The lowest BCUT2D eigenvalue weighted by molar-refractivity contribution is 0.591. The molecule has 0 spiro atoms. The third-order valence-corrected chi connectivity index (χ3v) is 3.12. The van der Waals surface area contributed by atoms with Gasteiger partial charge < -0.3 is 15.6 Å². The summed E-state index contributed by atoms with van der Waals surface area (Å²) in [5.74, 6) is 0. The molecule has 0 aliphatic rings. The van der Waals surface area contributed by atoms with Crippen molar-refractivity contribution in [3.8, 4) is 0 Å². The zero-order valence-corrected chi connectivity index (χ0v) is 10.5. The monoisotopic (exact) mass is 232 g/mol. The Labute approximate surface area is 102 Å². The maximum absolute atomic E-state index is 6.17. The molecule has 4 heteroatoms. The molecule has 0 amide bonds. The zero-order valence-electron chi connectivity index (χ0n) is 10.5. The van der Waals surface area contributed by atoms with Gasteiger partial charge in [-0.2, -0.15) is 0 Å². The molecular weight excluding hydrogens is 212 g/mol. The number of aryl methyl sites for hydroxylation is 1. The second kappa shape index (κ2) is 5.29. The Balaban J connectivity index is 2.12. The van der Waals surface area contributed by atoms with Gasteiger partial charge in [0.25, 0.3) is 0 Å². The van der Waals surface area contributed by atoms with Crippen LogP contribution < -0.4 is 11.1 Å². The Morgan fingerprint density at radius 2 is 2.29 bits per heavy atom. The topological polar surface area (TPSA) is 55.9 Å². The molecule has 1 aromatic carbocycles. The van der Waals surface area contributed by atoms with E-state index in [2.05, 4.69) is 28.5 Å². The Morgan fingerprint density at radius 3 is 3.06 bits per heavy atom. The Morgan fingerprint density at radius 1 is 1.47 bits per heavy atom. The summed E-state index contributed by atoms with van der Waals surface area (Å²) >= 11 is 0. The summed E-state index contributed by atoms with van der Waals surface area (Å²) in [5, 5.41) is 3.14. The highest BCUT2D eigenvalue weighted by atomic mass is 15.0. The molecule has 3 N–H and O–H groups in total. The highest BCUT2D eigenvalue weighted by Gasteiger charge is 2.08. The van der Waals surface area contributed by atoms with Crippen LogP contribution in [-0.2, 0) is 7.05 Å². The van der Waals surface area contributed by atoms with Gasteiger partial charge in [0.2, 0.25) is 0 Å². The molecule has 0 bridgehead atoms. The highest BCUT2D eigenvalue weighted by Crippen LogP contribution is 2.20. The minimum atomic E-state index is 0.106. The number of nitrogens with zero attached hydrogens (tertiary/aromatic N) is 2. The van der Waals surface area contributed by atoms with E-state index in [-0.39, 0.29) is 6.04 Å². The first kappa shape index (κ1) is 12.1. The van der Waals surface area contributed by atoms with E-state index in [4.69, 9.17) is 5.73 Å². The summed E-state index contributed by atoms with van der Waals surface area (Å²) in [7, 11) is 3.97. The second-order valence-electron chi connectivity index (χ2n) is 4.46. The van der Waals surface area contributed by atoms with Crippen molar-refractivity contribution in [1.82, 2.24) is 14.9 Å². The van der Waals surface area contributed by atoms with Crippen LogP contribution in [0.5, 0.6) is 0 Å². The van der Waals surface area contributed by atoms with E-state index in [1.807, 2.05) is 25.0 Å².